The molecule has 2 aliphatic heterocycles. The van der Waals surface area contributed by atoms with Gasteiger partial charge in [-0.1, -0.05) is 131 Å². The minimum absolute atomic E-state index is 0.0756. The van der Waals surface area contributed by atoms with E-state index in [1.807, 2.05) is 91.0 Å². The van der Waals surface area contributed by atoms with Crippen LogP contribution >= 0.6 is 0 Å². The van der Waals surface area contributed by atoms with E-state index in [9.17, 15) is 10.2 Å². The van der Waals surface area contributed by atoms with Crippen molar-refractivity contribution in [3.05, 3.63) is 215 Å². The fourth-order valence-corrected chi connectivity index (χ4v) is 8.82. The zero-order valence-electron chi connectivity index (χ0n) is 41.9. The van der Waals surface area contributed by atoms with Gasteiger partial charge in [0.2, 0.25) is 0 Å². The second kappa shape index (κ2) is 22.3. The first-order valence-corrected chi connectivity index (χ1v) is 24.9. The number of benzene rings is 7. The lowest BCUT2D eigenvalue weighted by molar-refractivity contribution is 0.0626. The first-order chi connectivity index (χ1) is 34.8. The molecule has 0 saturated carbocycles. The van der Waals surface area contributed by atoms with Gasteiger partial charge in [0, 0.05) is 16.2 Å². The maximum absolute atomic E-state index is 10.8. The summed E-state index contributed by atoms with van der Waals surface area (Å²) in [5, 5.41) is 21.7. The van der Waals surface area contributed by atoms with Crippen LogP contribution in [0.2, 0.25) is 0 Å². The summed E-state index contributed by atoms with van der Waals surface area (Å²) in [6.45, 7) is 14.0. The van der Waals surface area contributed by atoms with Gasteiger partial charge in [-0.2, -0.15) is 0 Å². The summed E-state index contributed by atoms with van der Waals surface area (Å²) >= 11 is 0. The van der Waals surface area contributed by atoms with Crippen molar-refractivity contribution in [2.45, 2.75) is 75.3 Å². The van der Waals surface area contributed by atoms with E-state index in [0.717, 1.165) is 52.5 Å². The van der Waals surface area contributed by atoms with E-state index in [4.69, 9.17) is 37.9 Å². The molecule has 10 nitrogen and oxygen atoms in total. The van der Waals surface area contributed by atoms with E-state index in [-0.39, 0.29) is 49.5 Å². The Balaban J connectivity index is 0.737. The average molecular weight is 971 g/mol. The van der Waals surface area contributed by atoms with Crippen LogP contribution < -0.4 is 28.4 Å². The molecule has 4 unspecified atom stereocenters. The maximum atomic E-state index is 10.8. The molecular formula is C62H66O10. The first-order valence-electron chi connectivity index (χ1n) is 24.9. The monoisotopic (exact) mass is 970 g/mol. The van der Waals surface area contributed by atoms with Crippen LogP contribution in [0.4, 0.5) is 0 Å². The van der Waals surface area contributed by atoms with Gasteiger partial charge in [-0.15, -0.1) is 0 Å². The summed E-state index contributed by atoms with van der Waals surface area (Å²) in [6, 6.07) is 58.9. The Morgan fingerprint density at radius 2 is 0.597 bits per heavy atom. The Morgan fingerprint density at radius 1 is 0.361 bits per heavy atom. The van der Waals surface area contributed by atoms with Gasteiger partial charge in [0.15, 0.2) is 0 Å². The van der Waals surface area contributed by atoms with E-state index in [2.05, 4.69) is 120 Å². The standard InChI is InChI=1S/C62H66O10/c1-60(2,45-15-27-56(28-16-45)69-39-58-41-71-58)43-11-23-52(24-12-43)65-35-50(63)37-67-54-31-19-48(20-32-54)62(5,47-9-7-6-8-10-47)49-21-33-55(34-22-49)68-38-51(64)36-66-53-25-13-44(14-26-53)61(3,4)46-17-29-57(30-18-46)70-40-59-42-72-59/h6-34,50-51,58-59,63-64H,35-42H2,1-5H3. The Bertz CT molecular complexity index is 2590. The number of aliphatic hydroxyl groups is 2. The van der Waals surface area contributed by atoms with Crippen molar-refractivity contribution in [3.63, 3.8) is 0 Å². The number of aliphatic hydroxyl groups excluding tert-OH is 2. The predicted octanol–water partition coefficient (Wildman–Crippen LogP) is 10.9. The van der Waals surface area contributed by atoms with Crippen LogP contribution in [0.15, 0.2) is 176 Å². The summed E-state index contributed by atoms with van der Waals surface area (Å²) in [5.41, 5.74) is 6.95. The molecule has 7 aromatic carbocycles. The molecule has 0 aromatic heterocycles. The van der Waals surface area contributed by atoms with Crippen molar-refractivity contribution in [2.24, 2.45) is 0 Å². The van der Waals surface area contributed by atoms with Crippen molar-refractivity contribution < 1.29 is 48.1 Å². The Hall–Kier alpha value is -6.82. The molecule has 72 heavy (non-hydrogen) atoms. The molecule has 7 aromatic rings. The normalized spacial score (nSPS) is 16.9. The van der Waals surface area contributed by atoms with Gasteiger partial charge in [0.05, 0.1) is 13.2 Å². The number of rotatable bonds is 25. The van der Waals surface area contributed by atoms with E-state index in [1.165, 1.54) is 11.1 Å². The Labute approximate surface area is 424 Å². The fraction of sp³-hybridized carbons (Fsp3) is 0.323. The third-order valence-corrected chi connectivity index (χ3v) is 14.0. The van der Waals surface area contributed by atoms with E-state index < -0.39 is 17.6 Å². The SMILES string of the molecule is CC(C)(c1ccc(OCC(O)COc2ccc(C(C)(c3ccccc3)c3ccc(OCC(O)COc4ccc(C(C)(C)c5ccc(OCC6CO6)cc5)cc4)cc3)cc2)cc1)c1ccc(OCC2CO2)cc1. The molecule has 0 amide bonds. The molecule has 0 spiro atoms. The maximum Gasteiger partial charge on any atom is 0.122 e. The Morgan fingerprint density at radius 3 is 0.861 bits per heavy atom. The molecule has 0 bridgehead atoms. The van der Waals surface area contributed by atoms with E-state index in [1.54, 1.807) is 0 Å². The zero-order valence-corrected chi connectivity index (χ0v) is 41.9. The highest BCUT2D eigenvalue weighted by Crippen LogP contribution is 2.40. The van der Waals surface area contributed by atoms with Crippen LogP contribution in [0.25, 0.3) is 0 Å². The minimum Gasteiger partial charge on any atom is -0.491 e. The topological polar surface area (TPSA) is 121 Å². The molecule has 4 atom stereocenters. The molecule has 10 heteroatoms. The summed E-state index contributed by atoms with van der Waals surface area (Å²) in [7, 11) is 0. The van der Waals surface area contributed by atoms with Gasteiger partial charge in [-0.05, 0) is 119 Å². The van der Waals surface area contributed by atoms with Crippen LogP contribution in [-0.2, 0) is 25.7 Å². The van der Waals surface area contributed by atoms with Gasteiger partial charge in [-0.3, -0.25) is 0 Å². The molecule has 0 radical (unpaired) electrons. The molecule has 2 fully saturated rings. The number of hydrogen-bond donors (Lipinski definition) is 2. The quantitative estimate of drug-likeness (QED) is 0.0423. The van der Waals surface area contributed by atoms with Crippen LogP contribution in [-0.4, -0.2) is 87.5 Å². The summed E-state index contributed by atoms with van der Waals surface area (Å²) < 4.78 is 46.1. The summed E-state index contributed by atoms with van der Waals surface area (Å²) in [6.07, 6.45) is -1.23. The van der Waals surface area contributed by atoms with E-state index in [0.29, 0.717) is 36.2 Å². The smallest absolute Gasteiger partial charge is 0.122 e. The van der Waals surface area contributed by atoms with Gasteiger partial charge in [-0.25, -0.2) is 0 Å². The van der Waals surface area contributed by atoms with Gasteiger partial charge in [0.1, 0.15) is 98.6 Å². The second-order valence-electron chi connectivity index (χ2n) is 20.0. The van der Waals surface area contributed by atoms with Crippen molar-refractivity contribution in [1.82, 2.24) is 0 Å². The van der Waals surface area contributed by atoms with Gasteiger partial charge in [0.25, 0.3) is 0 Å². The third-order valence-electron chi connectivity index (χ3n) is 14.0. The predicted molar refractivity (Wildman–Crippen MR) is 279 cm³/mol. The number of hydrogen-bond acceptors (Lipinski definition) is 10. The van der Waals surface area contributed by atoms with E-state index >= 15 is 0 Å². The fourth-order valence-electron chi connectivity index (χ4n) is 8.82. The van der Waals surface area contributed by atoms with Gasteiger partial charge < -0.3 is 48.1 Å². The largest absolute Gasteiger partial charge is 0.491 e. The first kappa shape index (κ1) is 50.1. The van der Waals surface area contributed by atoms with Crippen LogP contribution in [0.3, 0.4) is 0 Å². The zero-order chi connectivity index (χ0) is 50.1. The number of epoxide rings is 2. The van der Waals surface area contributed by atoms with Crippen LogP contribution in [0, 0.1) is 0 Å². The van der Waals surface area contributed by atoms with Crippen molar-refractivity contribution in [2.75, 3.05) is 52.9 Å². The van der Waals surface area contributed by atoms with Crippen molar-refractivity contribution in [3.8, 4) is 34.5 Å². The highest BCUT2D eigenvalue weighted by atomic mass is 16.6. The lowest BCUT2D eigenvalue weighted by atomic mass is 9.71. The van der Waals surface area contributed by atoms with Crippen molar-refractivity contribution in [1.29, 1.82) is 0 Å². The minimum atomic E-state index is -0.836. The second-order valence-corrected chi connectivity index (χ2v) is 20.0. The molecule has 0 aliphatic carbocycles. The molecule has 2 saturated heterocycles. The molecular weight excluding hydrogens is 905 g/mol. The van der Waals surface area contributed by atoms with Crippen LogP contribution in [0.5, 0.6) is 34.5 Å². The lowest BCUT2D eigenvalue weighted by Gasteiger charge is -2.32. The average Bonchev–Trinajstić information content (AvgIpc) is 4.38. The summed E-state index contributed by atoms with van der Waals surface area (Å²) in [4.78, 5) is 0. The Kier molecular flexibility index (Phi) is 15.5. The molecule has 374 valence electrons. The highest BCUT2D eigenvalue weighted by Gasteiger charge is 2.32. The van der Waals surface area contributed by atoms with Crippen LogP contribution in [0.1, 0.15) is 73.6 Å². The third kappa shape index (κ3) is 12.6. The molecule has 2 aliphatic rings. The molecule has 2 N–H and O–H groups in total. The lowest BCUT2D eigenvalue weighted by Crippen LogP contribution is -2.26. The molecule has 9 rings (SSSR count). The number of ether oxygens (including phenoxy) is 8. The summed E-state index contributed by atoms with van der Waals surface area (Å²) in [5.74, 6) is 4.32. The molecule has 2 heterocycles. The highest BCUT2D eigenvalue weighted by molar-refractivity contribution is 5.51. The van der Waals surface area contributed by atoms with Crippen molar-refractivity contribution >= 4 is 0 Å². The van der Waals surface area contributed by atoms with Gasteiger partial charge >= 0.3 is 0 Å².